The maximum atomic E-state index is 12.3. The van der Waals surface area contributed by atoms with Gasteiger partial charge in [-0.1, -0.05) is 12.2 Å². The Morgan fingerprint density at radius 2 is 2.05 bits per heavy atom. The highest BCUT2D eigenvalue weighted by Gasteiger charge is 2.13. The van der Waals surface area contributed by atoms with Crippen LogP contribution in [0.2, 0.25) is 0 Å². The average molecular weight is 268 g/mol. The second-order valence-corrected chi connectivity index (χ2v) is 4.16. The van der Waals surface area contributed by atoms with Crippen molar-refractivity contribution < 1.29 is 4.79 Å². The van der Waals surface area contributed by atoms with Crippen LogP contribution in [-0.2, 0) is 0 Å². The third kappa shape index (κ3) is 3.00. The molecule has 0 saturated heterocycles. The van der Waals surface area contributed by atoms with Gasteiger partial charge in [-0.3, -0.25) is 9.36 Å². The van der Waals surface area contributed by atoms with Crippen LogP contribution in [-0.4, -0.2) is 38.4 Å². The van der Waals surface area contributed by atoms with Crippen molar-refractivity contribution in [2.75, 3.05) is 13.1 Å². The molecule has 2 aromatic rings. The van der Waals surface area contributed by atoms with Gasteiger partial charge in [-0.05, 0) is 12.1 Å². The molecule has 0 radical (unpaired) electrons. The predicted molar refractivity (Wildman–Crippen MR) is 77.7 cm³/mol. The number of pyridine rings is 1. The number of aromatic nitrogens is 3. The normalized spacial score (nSPS) is 10.0. The van der Waals surface area contributed by atoms with E-state index < -0.39 is 0 Å². The molecule has 0 aliphatic rings. The van der Waals surface area contributed by atoms with Gasteiger partial charge >= 0.3 is 0 Å². The maximum absolute atomic E-state index is 12.3. The number of hydrogen-bond donors (Lipinski definition) is 0. The van der Waals surface area contributed by atoms with E-state index in [-0.39, 0.29) is 5.91 Å². The lowest BCUT2D eigenvalue weighted by Gasteiger charge is -2.19. The molecule has 0 N–H and O–H groups in total. The summed E-state index contributed by atoms with van der Waals surface area (Å²) in [6.07, 6.45) is 10.1. The van der Waals surface area contributed by atoms with Crippen LogP contribution in [0.4, 0.5) is 0 Å². The molecule has 20 heavy (non-hydrogen) atoms. The Morgan fingerprint density at radius 3 is 2.55 bits per heavy atom. The topological polar surface area (TPSA) is 51.0 Å². The summed E-state index contributed by atoms with van der Waals surface area (Å²) in [4.78, 5) is 22.2. The summed E-state index contributed by atoms with van der Waals surface area (Å²) in [7, 11) is 0. The van der Waals surface area contributed by atoms with Gasteiger partial charge in [0.2, 0.25) is 0 Å². The predicted octanol–water partition coefficient (Wildman–Crippen LogP) is 2.08. The lowest BCUT2D eigenvalue weighted by Crippen LogP contribution is -2.31. The Labute approximate surface area is 117 Å². The van der Waals surface area contributed by atoms with E-state index in [1.165, 1.54) is 0 Å². The molecule has 0 bridgehead atoms. The molecule has 5 nitrogen and oxygen atoms in total. The lowest BCUT2D eigenvalue weighted by atomic mass is 10.2. The van der Waals surface area contributed by atoms with Crippen LogP contribution >= 0.6 is 0 Å². The molecule has 102 valence electrons. The minimum atomic E-state index is -0.0884. The van der Waals surface area contributed by atoms with E-state index in [9.17, 15) is 4.79 Å². The highest BCUT2D eigenvalue weighted by molar-refractivity contribution is 5.94. The first kappa shape index (κ1) is 13.7. The third-order valence-corrected chi connectivity index (χ3v) is 2.75. The van der Waals surface area contributed by atoms with Crippen molar-refractivity contribution >= 4 is 5.91 Å². The van der Waals surface area contributed by atoms with Gasteiger partial charge < -0.3 is 4.90 Å². The summed E-state index contributed by atoms with van der Waals surface area (Å²) in [5.74, 6) is 0.632. The molecule has 0 spiro atoms. The molecular formula is C15H16N4O. The van der Waals surface area contributed by atoms with Gasteiger partial charge in [-0.25, -0.2) is 9.97 Å². The van der Waals surface area contributed by atoms with E-state index in [2.05, 4.69) is 23.1 Å². The van der Waals surface area contributed by atoms with E-state index in [0.29, 0.717) is 18.7 Å². The SMILES string of the molecule is C=CCN(CC=C)C(=O)c1ccc(-n2ccnc2)nc1. The first-order valence-electron chi connectivity index (χ1n) is 6.21. The fourth-order valence-corrected chi connectivity index (χ4v) is 1.79. The molecule has 5 heteroatoms. The van der Waals surface area contributed by atoms with E-state index in [1.54, 1.807) is 58.7 Å². The quantitative estimate of drug-likeness (QED) is 0.754. The Hall–Kier alpha value is -2.69. The van der Waals surface area contributed by atoms with Gasteiger partial charge in [-0.2, -0.15) is 0 Å². The Morgan fingerprint density at radius 1 is 1.30 bits per heavy atom. The molecular weight excluding hydrogens is 252 g/mol. The van der Waals surface area contributed by atoms with Crippen molar-refractivity contribution in [2.45, 2.75) is 0 Å². The van der Waals surface area contributed by atoms with E-state index in [4.69, 9.17) is 0 Å². The fourth-order valence-electron chi connectivity index (χ4n) is 1.79. The largest absolute Gasteiger partial charge is 0.331 e. The van der Waals surface area contributed by atoms with E-state index in [0.717, 1.165) is 5.82 Å². The number of imidazole rings is 1. The summed E-state index contributed by atoms with van der Waals surface area (Å²) in [6.45, 7) is 8.27. The molecule has 2 heterocycles. The summed E-state index contributed by atoms with van der Waals surface area (Å²) < 4.78 is 1.78. The molecule has 0 fully saturated rings. The molecule has 0 saturated carbocycles. The average Bonchev–Trinajstić information content (AvgIpc) is 3.01. The van der Waals surface area contributed by atoms with Crippen molar-refractivity contribution in [3.05, 3.63) is 67.9 Å². The van der Waals surface area contributed by atoms with Gasteiger partial charge in [0.25, 0.3) is 5.91 Å². The number of nitrogens with zero attached hydrogens (tertiary/aromatic N) is 4. The fraction of sp³-hybridized carbons (Fsp3) is 0.133. The van der Waals surface area contributed by atoms with Crippen LogP contribution in [0.25, 0.3) is 5.82 Å². The number of carbonyl (C=O) groups excluding carboxylic acids is 1. The number of rotatable bonds is 6. The molecule has 2 rings (SSSR count). The zero-order valence-corrected chi connectivity index (χ0v) is 11.1. The zero-order chi connectivity index (χ0) is 14.4. The Balaban J connectivity index is 2.18. The van der Waals surface area contributed by atoms with Gasteiger partial charge in [-0.15, -0.1) is 13.2 Å². The van der Waals surface area contributed by atoms with Crippen LogP contribution in [0.15, 0.2) is 62.4 Å². The standard InChI is InChI=1S/C15H16N4O/c1-3-8-18(9-4-2)15(20)13-5-6-14(17-11-13)19-10-7-16-12-19/h3-7,10-12H,1-2,8-9H2. The highest BCUT2D eigenvalue weighted by Crippen LogP contribution is 2.08. The second kappa shape index (κ2) is 6.47. The van der Waals surface area contributed by atoms with E-state index in [1.807, 2.05) is 0 Å². The lowest BCUT2D eigenvalue weighted by molar-refractivity contribution is 0.0790. The monoisotopic (exact) mass is 268 g/mol. The van der Waals surface area contributed by atoms with Crippen molar-refractivity contribution in [3.63, 3.8) is 0 Å². The number of carbonyl (C=O) groups is 1. The van der Waals surface area contributed by atoms with Crippen molar-refractivity contribution in [3.8, 4) is 5.82 Å². The molecule has 0 unspecified atom stereocenters. The van der Waals surface area contributed by atoms with Crippen LogP contribution in [0, 0.1) is 0 Å². The minimum absolute atomic E-state index is 0.0884. The summed E-state index contributed by atoms with van der Waals surface area (Å²) in [6, 6.07) is 3.54. The number of hydrogen-bond acceptors (Lipinski definition) is 3. The summed E-state index contributed by atoms with van der Waals surface area (Å²) in [5, 5.41) is 0. The first-order chi connectivity index (χ1) is 9.76. The smallest absolute Gasteiger partial charge is 0.255 e. The Kier molecular flexibility index (Phi) is 4.44. The molecule has 2 aromatic heterocycles. The van der Waals surface area contributed by atoms with Crippen LogP contribution in [0.5, 0.6) is 0 Å². The molecule has 0 aliphatic heterocycles. The molecule has 1 amide bonds. The van der Waals surface area contributed by atoms with Gasteiger partial charge in [0, 0.05) is 31.7 Å². The molecule has 0 aliphatic carbocycles. The number of amides is 1. The van der Waals surface area contributed by atoms with Gasteiger partial charge in [0.05, 0.1) is 5.56 Å². The van der Waals surface area contributed by atoms with E-state index >= 15 is 0 Å². The highest BCUT2D eigenvalue weighted by atomic mass is 16.2. The van der Waals surface area contributed by atoms with Gasteiger partial charge in [0.1, 0.15) is 12.1 Å². The zero-order valence-electron chi connectivity index (χ0n) is 11.1. The second-order valence-electron chi connectivity index (χ2n) is 4.16. The van der Waals surface area contributed by atoms with Crippen molar-refractivity contribution in [1.29, 1.82) is 0 Å². The maximum Gasteiger partial charge on any atom is 0.255 e. The summed E-state index contributed by atoms with van der Waals surface area (Å²) >= 11 is 0. The minimum Gasteiger partial charge on any atom is -0.331 e. The molecule has 0 atom stereocenters. The van der Waals surface area contributed by atoms with Crippen molar-refractivity contribution in [2.24, 2.45) is 0 Å². The molecule has 0 aromatic carbocycles. The van der Waals surface area contributed by atoms with Crippen LogP contribution < -0.4 is 0 Å². The summed E-state index contributed by atoms with van der Waals surface area (Å²) in [5.41, 5.74) is 0.539. The van der Waals surface area contributed by atoms with Crippen LogP contribution in [0.3, 0.4) is 0 Å². The van der Waals surface area contributed by atoms with Gasteiger partial charge in [0.15, 0.2) is 0 Å². The third-order valence-electron chi connectivity index (χ3n) is 2.75. The first-order valence-corrected chi connectivity index (χ1v) is 6.21. The van der Waals surface area contributed by atoms with Crippen LogP contribution in [0.1, 0.15) is 10.4 Å². The van der Waals surface area contributed by atoms with Crippen molar-refractivity contribution in [1.82, 2.24) is 19.4 Å². The Bertz CT molecular complexity index is 577.